The highest BCUT2D eigenvalue weighted by Crippen LogP contribution is 2.42. The van der Waals surface area contributed by atoms with Crippen LogP contribution in [-0.2, 0) is 14.7 Å². The van der Waals surface area contributed by atoms with Gasteiger partial charge in [-0.1, -0.05) is 93.6 Å². The van der Waals surface area contributed by atoms with Crippen molar-refractivity contribution in [3.05, 3.63) is 118 Å². The van der Waals surface area contributed by atoms with Gasteiger partial charge in [-0.15, -0.1) is 0 Å². The van der Waals surface area contributed by atoms with E-state index in [1.807, 2.05) is 60.7 Å². The van der Waals surface area contributed by atoms with Gasteiger partial charge in [-0.2, -0.15) is 4.98 Å². The molecule has 0 spiro atoms. The maximum atomic E-state index is 13.6. The molecule has 0 radical (unpaired) electrons. The molecule has 1 aliphatic heterocycles. The van der Waals surface area contributed by atoms with Crippen molar-refractivity contribution in [3.8, 4) is 5.75 Å². The van der Waals surface area contributed by atoms with Crippen molar-refractivity contribution in [2.75, 3.05) is 19.0 Å². The van der Waals surface area contributed by atoms with Crippen LogP contribution >= 0.6 is 0 Å². The molecular formula is C36H43N5O5Si. The number of rotatable bonds is 10. The molecule has 1 fully saturated rings. The third-order valence-corrected chi connectivity index (χ3v) is 14.1. The fourth-order valence-corrected chi connectivity index (χ4v) is 7.38. The zero-order valence-corrected chi connectivity index (χ0v) is 28.7. The van der Waals surface area contributed by atoms with Gasteiger partial charge in [-0.25, -0.2) is 4.98 Å². The van der Waals surface area contributed by atoms with Gasteiger partial charge >= 0.3 is 0 Å². The minimum atomic E-state index is -2.15. The number of aromatic nitrogens is 4. The highest BCUT2D eigenvalue weighted by molar-refractivity contribution is 6.74. The van der Waals surface area contributed by atoms with E-state index in [9.17, 15) is 9.90 Å². The fourth-order valence-electron chi connectivity index (χ4n) is 6.02. The summed E-state index contributed by atoms with van der Waals surface area (Å²) in [7, 11) is -0.509. The fraction of sp³-hybridized carbons (Fsp3) is 0.361. The molecule has 3 heterocycles. The van der Waals surface area contributed by atoms with E-state index in [-0.39, 0.29) is 34.8 Å². The molecule has 11 heteroatoms. The average molecular weight is 654 g/mol. The summed E-state index contributed by atoms with van der Waals surface area (Å²) in [6.45, 7) is 10.8. The molecule has 246 valence electrons. The number of benzene rings is 3. The number of imidazole rings is 1. The van der Waals surface area contributed by atoms with E-state index in [1.54, 1.807) is 18.0 Å². The number of aliphatic hydroxyl groups excluding tert-OH is 1. The summed E-state index contributed by atoms with van der Waals surface area (Å²) in [6, 6.07) is 28.0. The lowest BCUT2D eigenvalue weighted by atomic mass is 9.77. The van der Waals surface area contributed by atoms with E-state index >= 15 is 0 Å². The number of methoxy groups -OCH3 is 1. The Balaban J connectivity index is 1.44. The summed E-state index contributed by atoms with van der Waals surface area (Å²) in [5.74, 6) is 0.993. The number of fused-ring (bicyclic) bond motifs is 1. The number of H-pyrrole nitrogens is 1. The maximum absolute atomic E-state index is 13.6. The van der Waals surface area contributed by atoms with Crippen LogP contribution in [-0.4, -0.2) is 58.9 Å². The number of aromatic amines is 1. The van der Waals surface area contributed by atoms with Crippen LogP contribution in [0.2, 0.25) is 18.1 Å². The molecule has 1 aliphatic rings. The second kappa shape index (κ2) is 12.7. The second-order valence-corrected chi connectivity index (χ2v) is 18.3. The number of aliphatic hydroxyl groups is 1. The van der Waals surface area contributed by atoms with Crippen LogP contribution in [0.5, 0.6) is 5.75 Å². The van der Waals surface area contributed by atoms with Crippen LogP contribution in [0.25, 0.3) is 11.2 Å². The monoisotopic (exact) mass is 653 g/mol. The number of hydrogen-bond acceptors (Lipinski definition) is 8. The zero-order chi connectivity index (χ0) is 33.4. The molecule has 0 unspecified atom stereocenters. The molecule has 3 atom stereocenters. The summed E-state index contributed by atoms with van der Waals surface area (Å²) in [5, 5.41) is 13.9. The molecular weight excluding hydrogens is 611 g/mol. The van der Waals surface area contributed by atoms with Gasteiger partial charge in [0.15, 0.2) is 19.5 Å². The average Bonchev–Trinajstić information content (AvgIpc) is 3.68. The summed E-state index contributed by atoms with van der Waals surface area (Å²) < 4.78 is 20.3. The molecule has 10 nitrogen and oxygen atoms in total. The summed E-state index contributed by atoms with van der Waals surface area (Å²) >= 11 is 0. The van der Waals surface area contributed by atoms with Gasteiger partial charge in [-0.3, -0.25) is 14.3 Å². The third kappa shape index (κ3) is 6.11. The third-order valence-electron chi connectivity index (χ3n) is 9.60. The molecule has 47 heavy (non-hydrogen) atoms. The Labute approximate surface area is 275 Å². The maximum Gasteiger partial charge on any atom is 0.280 e. The Kier molecular flexibility index (Phi) is 8.83. The number of nitrogens with one attached hydrogen (secondary N) is 2. The smallest absolute Gasteiger partial charge is 0.280 e. The highest BCUT2D eigenvalue weighted by Gasteiger charge is 2.45. The lowest BCUT2D eigenvalue weighted by Gasteiger charge is -2.39. The first kappa shape index (κ1) is 32.6. The number of ether oxygens (including phenoxy) is 2. The van der Waals surface area contributed by atoms with Crippen LogP contribution in [0, 0.1) is 0 Å². The molecule has 6 rings (SSSR count). The molecule has 5 aromatic rings. The Morgan fingerprint density at radius 2 is 1.57 bits per heavy atom. The molecule has 3 aromatic carbocycles. The molecule has 1 saturated heterocycles. The van der Waals surface area contributed by atoms with Gasteiger partial charge < -0.3 is 24.3 Å². The first-order chi connectivity index (χ1) is 22.5. The summed E-state index contributed by atoms with van der Waals surface area (Å²) in [4.78, 5) is 25.9. The minimum absolute atomic E-state index is 0.00386. The molecule has 2 aromatic heterocycles. The van der Waals surface area contributed by atoms with Crippen LogP contribution in [0.3, 0.4) is 0 Å². The summed E-state index contributed by atoms with van der Waals surface area (Å²) in [6.07, 6.45) is 0.732. The Hall–Kier alpha value is -4.29. The first-order valence-corrected chi connectivity index (χ1v) is 18.8. The van der Waals surface area contributed by atoms with Crippen LogP contribution in [0.4, 0.5) is 5.95 Å². The van der Waals surface area contributed by atoms with E-state index in [0.29, 0.717) is 12.1 Å². The summed E-state index contributed by atoms with van der Waals surface area (Å²) in [5.41, 5.74) is 2.05. The Morgan fingerprint density at radius 3 is 2.13 bits per heavy atom. The first-order valence-electron chi connectivity index (χ1n) is 15.9. The lowest BCUT2D eigenvalue weighted by molar-refractivity contribution is -0.0410. The highest BCUT2D eigenvalue weighted by atomic mass is 28.4. The van der Waals surface area contributed by atoms with E-state index in [1.165, 1.54) is 0 Å². The quantitative estimate of drug-likeness (QED) is 0.120. The molecule has 0 amide bonds. The lowest BCUT2D eigenvalue weighted by Crippen LogP contribution is -2.46. The molecule has 3 N–H and O–H groups in total. The SMILES string of the molecule is COc1ccc(C(Nc2nc3c(ncn3[C@H]3C[C@H](O[Si](C)(C)C(C)(C)C)[C@@H](CO)O3)c(=O)[nH]2)(c2ccccc2)c2ccccc2)cc1. The zero-order valence-electron chi connectivity index (χ0n) is 27.7. The van der Waals surface area contributed by atoms with Crippen molar-refractivity contribution < 1.29 is 19.0 Å². The van der Waals surface area contributed by atoms with Gasteiger partial charge in [-0.05, 0) is 47.0 Å². The standard InChI is InChI=1S/C36H43N5O5Si/c1-35(2,3)47(5,6)46-28-21-30(45-29(28)22-42)41-23-37-31-32(41)38-34(39-33(31)43)40-36(24-13-9-7-10-14-24,25-15-11-8-12-16-25)26-17-19-27(44-4)20-18-26/h7-20,23,28-30,42H,21-22H2,1-6H3,(H2,38,39,40,43)/t28-,29+,30+/m0/s1. The van der Waals surface area contributed by atoms with Crippen LogP contribution in [0.15, 0.2) is 96.1 Å². The van der Waals surface area contributed by atoms with E-state index in [2.05, 4.69) is 73.4 Å². The Bertz CT molecular complexity index is 1830. The second-order valence-electron chi connectivity index (χ2n) is 13.5. The minimum Gasteiger partial charge on any atom is -0.497 e. The van der Waals surface area contributed by atoms with Crippen LogP contribution in [0.1, 0.15) is 50.1 Å². The van der Waals surface area contributed by atoms with Gasteiger partial charge in [0.2, 0.25) is 5.95 Å². The van der Waals surface area contributed by atoms with E-state index in [4.69, 9.17) is 18.9 Å². The molecule has 0 bridgehead atoms. The van der Waals surface area contributed by atoms with Crippen molar-refractivity contribution in [2.45, 2.75) is 69.3 Å². The largest absolute Gasteiger partial charge is 0.497 e. The van der Waals surface area contributed by atoms with E-state index in [0.717, 1.165) is 22.4 Å². The number of hydrogen-bond donors (Lipinski definition) is 3. The van der Waals surface area contributed by atoms with Crippen molar-refractivity contribution in [3.63, 3.8) is 0 Å². The van der Waals surface area contributed by atoms with Gasteiger partial charge in [0, 0.05) is 6.42 Å². The van der Waals surface area contributed by atoms with Crippen molar-refractivity contribution >= 4 is 25.4 Å². The predicted molar refractivity (Wildman–Crippen MR) is 185 cm³/mol. The number of nitrogens with zero attached hydrogens (tertiary/aromatic N) is 3. The van der Waals surface area contributed by atoms with Gasteiger partial charge in [0.25, 0.3) is 5.56 Å². The van der Waals surface area contributed by atoms with Crippen molar-refractivity contribution in [1.29, 1.82) is 0 Å². The van der Waals surface area contributed by atoms with Crippen LogP contribution < -0.4 is 15.6 Å². The Morgan fingerprint density at radius 1 is 0.979 bits per heavy atom. The van der Waals surface area contributed by atoms with E-state index < -0.39 is 26.2 Å². The number of anilines is 1. The predicted octanol–water partition coefficient (Wildman–Crippen LogP) is 6.20. The molecule has 0 aliphatic carbocycles. The normalized spacial score (nSPS) is 18.8. The molecule has 0 saturated carbocycles. The van der Waals surface area contributed by atoms with Gasteiger partial charge in [0.05, 0.1) is 26.1 Å². The van der Waals surface area contributed by atoms with Gasteiger partial charge in [0.1, 0.15) is 23.6 Å². The topological polar surface area (TPSA) is 124 Å². The van der Waals surface area contributed by atoms with Crippen molar-refractivity contribution in [1.82, 2.24) is 19.5 Å². The van der Waals surface area contributed by atoms with Crippen molar-refractivity contribution in [2.24, 2.45) is 0 Å².